The van der Waals surface area contributed by atoms with Gasteiger partial charge in [0.25, 0.3) is 5.56 Å². The van der Waals surface area contributed by atoms with E-state index in [0.29, 0.717) is 29.6 Å². The number of aryl methyl sites for hydroxylation is 1. The van der Waals surface area contributed by atoms with Crippen LogP contribution >= 0.6 is 0 Å². The monoisotopic (exact) mass is 199 g/mol. The highest BCUT2D eigenvalue weighted by Crippen LogP contribution is 2.06. The van der Waals surface area contributed by atoms with Crippen LogP contribution in [0.1, 0.15) is 12.2 Å². The Morgan fingerprint density at radius 2 is 2.20 bits per heavy atom. The van der Waals surface area contributed by atoms with E-state index in [2.05, 4.69) is 9.97 Å². The lowest BCUT2D eigenvalue weighted by Crippen LogP contribution is -2.11. The molecule has 2 aromatic rings. The molecule has 0 amide bonds. The van der Waals surface area contributed by atoms with Crippen molar-refractivity contribution in [3.05, 3.63) is 40.4 Å². The standard InChI is InChI=1S/C11H9N3O/c12-7-3-6-10-13-9-5-2-1-4-8(9)11(15)14-10/h1-2,4-5H,3,6H2,(H,13,14,15). The van der Waals surface area contributed by atoms with Gasteiger partial charge in [0.15, 0.2) is 0 Å². The molecule has 0 unspecified atom stereocenters. The lowest BCUT2D eigenvalue weighted by molar-refractivity contribution is 0.888. The van der Waals surface area contributed by atoms with Gasteiger partial charge in [-0.3, -0.25) is 4.79 Å². The van der Waals surface area contributed by atoms with Gasteiger partial charge in [-0.2, -0.15) is 5.26 Å². The third-order valence-corrected chi connectivity index (χ3v) is 2.14. The van der Waals surface area contributed by atoms with Gasteiger partial charge < -0.3 is 4.98 Å². The van der Waals surface area contributed by atoms with E-state index in [0.717, 1.165) is 0 Å². The molecule has 1 N–H and O–H groups in total. The topological polar surface area (TPSA) is 69.5 Å². The Balaban J connectivity index is 2.54. The Hall–Kier alpha value is -2.15. The molecule has 0 aliphatic heterocycles. The van der Waals surface area contributed by atoms with Crippen LogP contribution < -0.4 is 5.56 Å². The van der Waals surface area contributed by atoms with E-state index < -0.39 is 0 Å². The number of para-hydroxylation sites is 1. The molecule has 4 nitrogen and oxygen atoms in total. The molecule has 0 atom stereocenters. The van der Waals surface area contributed by atoms with Gasteiger partial charge in [0.05, 0.1) is 17.0 Å². The van der Waals surface area contributed by atoms with Crippen LogP contribution in [0.4, 0.5) is 0 Å². The molecule has 0 aliphatic rings. The molecule has 0 radical (unpaired) electrons. The summed E-state index contributed by atoms with van der Waals surface area (Å²) in [5, 5.41) is 9.02. The zero-order chi connectivity index (χ0) is 10.7. The summed E-state index contributed by atoms with van der Waals surface area (Å²) in [6.07, 6.45) is 0.845. The van der Waals surface area contributed by atoms with Crippen LogP contribution in [-0.2, 0) is 6.42 Å². The fourth-order valence-electron chi connectivity index (χ4n) is 1.43. The highest BCUT2D eigenvalue weighted by molar-refractivity contribution is 5.77. The lowest BCUT2D eigenvalue weighted by atomic mass is 10.2. The van der Waals surface area contributed by atoms with E-state index >= 15 is 0 Å². The van der Waals surface area contributed by atoms with E-state index in [1.165, 1.54) is 0 Å². The van der Waals surface area contributed by atoms with Gasteiger partial charge >= 0.3 is 0 Å². The number of nitrogens with zero attached hydrogens (tertiary/aromatic N) is 2. The number of hydrogen-bond donors (Lipinski definition) is 1. The molecule has 15 heavy (non-hydrogen) atoms. The second-order valence-corrected chi connectivity index (χ2v) is 3.19. The third kappa shape index (κ3) is 1.86. The maximum Gasteiger partial charge on any atom is 0.258 e. The van der Waals surface area contributed by atoms with Gasteiger partial charge in [0.1, 0.15) is 5.82 Å². The smallest absolute Gasteiger partial charge is 0.258 e. The van der Waals surface area contributed by atoms with Gasteiger partial charge in [0.2, 0.25) is 0 Å². The van der Waals surface area contributed by atoms with Crippen LogP contribution in [0.3, 0.4) is 0 Å². The largest absolute Gasteiger partial charge is 0.310 e. The number of nitrogens with one attached hydrogen (secondary N) is 1. The number of aromatic amines is 1. The highest BCUT2D eigenvalue weighted by atomic mass is 16.1. The Morgan fingerprint density at radius 1 is 1.40 bits per heavy atom. The van der Waals surface area contributed by atoms with Crippen molar-refractivity contribution < 1.29 is 0 Å². The van der Waals surface area contributed by atoms with Crippen molar-refractivity contribution in [1.29, 1.82) is 5.26 Å². The first-order valence-corrected chi connectivity index (χ1v) is 4.66. The van der Waals surface area contributed by atoms with Crippen molar-refractivity contribution in [2.24, 2.45) is 0 Å². The van der Waals surface area contributed by atoms with Crippen molar-refractivity contribution in [1.82, 2.24) is 9.97 Å². The normalized spacial score (nSPS) is 10.1. The maximum atomic E-state index is 11.6. The molecule has 0 saturated carbocycles. The second-order valence-electron chi connectivity index (χ2n) is 3.19. The molecule has 1 aromatic heterocycles. The number of rotatable bonds is 2. The van der Waals surface area contributed by atoms with Crippen LogP contribution in [0.2, 0.25) is 0 Å². The lowest BCUT2D eigenvalue weighted by Gasteiger charge is -1.99. The minimum atomic E-state index is -0.145. The van der Waals surface area contributed by atoms with Crippen molar-refractivity contribution in [2.45, 2.75) is 12.8 Å². The number of hydrogen-bond acceptors (Lipinski definition) is 3. The SMILES string of the molecule is N#CCCc1nc2ccccc2c(=O)[nH]1. The van der Waals surface area contributed by atoms with E-state index in [1.807, 2.05) is 12.1 Å². The fraction of sp³-hybridized carbons (Fsp3) is 0.182. The average Bonchev–Trinajstić information content (AvgIpc) is 2.26. The Kier molecular flexibility index (Phi) is 2.46. The average molecular weight is 199 g/mol. The summed E-state index contributed by atoms with van der Waals surface area (Å²) in [6.45, 7) is 0. The summed E-state index contributed by atoms with van der Waals surface area (Å²) in [5.74, 6) is 0.570. The summed E-state index contributed by atoms with van der Waals surface area (Å²) in [5.41, 5.74) is 0.530. The van der Waals surface area contributed by atoms with Crippen LogP contribution in [-0.4, -0.2) is 9.97 Å². The molecule has 0 aliphatic carbocycles. The number of H-pyrrole nitrogens is 1. The molecular formula is C11H9N3O. The molecule has 0 spiro atoms. The van der Waals surface area contributed by atoms with Crippen molar-refractivity contribution in [3.8, 4) is 6.07 Å². The number of benzene rings is 1. The molecular weight excluding hydrogens is 190 g/mol. The van der Waals surface area contributed by atoms with Gasteiger partial charge in [-0.1, -0.05) is 12.1 Å². The molecule has 74 valence electrons. The second kappa shape index (κ2) is 3.93. The van der Waals surface area contributed by atoms with Crippen LogP contribution in [0, 0.1) is 11.3 Å². The number of fused-ring (bicyclic) bond motifs is 1. The van der Waals surface area contributed by atoms with Gasteiger partial charge in [0, 0.05) is 12.8 Å². The molecule has 0 saturated heterocycles. The van der Waals surface area contributed by atoms with E-state index in [1.54, 1.807) is 18.2 Å². The minimum Gasteiger partial charge on any atom is -0.310 e. The zero-order valence-electron chi connectivity index (χ0n) is 8.03. The third-order valence-electron chi connectivity index (χ3n) is 2.14. The predicted octanol–water partition coefficient (Wildman–Crippen LogP) is 1.38. The summed E-state index contributed by atoms with van der Waals surface area (Å²) < 4.78 is 0. The van der Waals surface area contributed by atoms with Gasteiger partial charge in [-0.05, 0) is 12.1 Å². The fourth-order valence-corrected chi connectivity index (χ4v) is 1.43. The minimum absolute atomic E-state index is 0.145. The predicted molar refractivity (Wildman–Crippen MR) is 56.3 cm³/mol. The first kappa shape index (κ1) is 9.41. The molecule has 1 aromatic carbocycles. The zero-order valence-corrected chi connectivity index (χ0v) is 8.03. The van der Waals surface area contributed by atoms with E-state index in [-0.39, 0.29) is 5.56 Å². The molecule has 4 heteroatoms. The maximum absolute atomic E-state index is 11.6. The quantitative estimate of drug-likeness (QED) is 0.794. The Morgan fingerprint density at radius 3 is 3.00 bits per heavy atom. The summed E-state index contributed by atoms with van der Waals surface area (Å²) in [7, 11) is 0. The first-order valence-electron chi connectivity index (χ1n) is 4.66. The number of nitriles is 1. The van der Waals surface area contributed by atoms with Crippen LogP contribution in [0.15, 0.2) is 29.1 Å². The molecule has 1 heterocycles. The van der Waals surface area contributed by atoms with Crippen molar-refractivity contribution >= 4 is 10.9 Å². The number of aromatic nitrogens is 2. The molecule has 0 bridgehead atoms. The van der Waals surface area contributed by atoms with Gasteiger partial charge in [-0.25, -0.2) is 4.98 Å². The summed E-state index contributed by atoms with van der Waals surface area (Å²) >= 11 is 0. The van der Waals surface area contributed by atoms with Crippen molar-refractivity contribution in [3.63, 3.8) is 0 Å². The van der Waals surface area contributed by atoms with Gasteiger partial charge in [-0.15, -0.1) is 0 Å². The van der Waals surface area contributed by atoms with Crippen LogP contribution in [0.25, 0.3) is 10.9 Å². The summed E-state index contributed by atoms with van der Waals surface area (Å²) in [4.78, 5) is 18.5. The van der Waals surface area contributed by atoms with E-state index in [9.17, 15) is 4.79 Å². The van der Waals surface area contributed by atoms with Crippen LogP contribution in [0.5, 0.6) is 0 Å². The van der Waals surface area contributed by atoms with E-state index in [4.69, 9.17) is 5.26 Å². The first-order chi connectivity index (χ1) is 7.31. The molecule has 2 rings (SSSR count). The Labute approximate surface area is 86.2 Å². The summed E-state index contributed by atoms with van der Waals surface area (Å²) in [6, 6.07) is 9.18. The Bertz CT molecular complexity index is 580. The highest BCUT2D eigenvalue weighted by Gasteiger charge is 2.01. The molecule has 0 fully saturated rings. The van der Waals surface area contributed by atoms with Crippen molar-refractivity contribution in [2.75, 3.05) is 0 Å².